The molecular weight excluding hydrogens is 174 g/mol. The Morgan fingerprint density at radius 3 is 2.92 bits per heavy atom. The van der Waals surface area contributed by atoms with Gasteiger partial charge in [-0.25, -0.2) is 0 Å². The van der Waals surface area contributed by atoms with Crippen LogP contribution >= 0.6 is 11.8 Å². The van der Waals surface area contributed by atoms with Crippen LogP contribution in [-0.2, 0) is 6.54 Å². The SMILES string of the molecule is C=C(C)CSc1nnc(CN)o1. The number of thioether (sulfide) groups is 1. The van der Waals surface area contributed by atoms with Gasteiger partial charge in [-0.2, -0.15) is 0 Å². The summed E-state index contributed by atoms with van der Waals surface area (Å²) >= 11 is 1.47. The van der Waals surface area contributed by atoms with Gasteiger partial charge in [0.1, 0.15) is 0 Å². The maximum atomic E-state index is 5.30. The molecule has 5 heteroatoms. The summed E-state index contributed by atoms with van der Waals surface area (Å²) in [5.74, 6) is 1.27. The molecule has 1 heterocycles. The monoisotopic (exact) mass is 185 g/mol. The van der Waals surface area contributed by atoms with E-state index in [1.807, 2.05) is 6.92 Å². The summed E-state index contributed by atoms with van der Waals surface area (Å²) in [5, 5.41) is 8.06. The number of hydrogen-bond donors (Lipinski definition) is 1. The highest BCUT2D eigenvalue weighted by Crippen LogP contribution is 2.17. The molecular formula is C7H11N3OS. The molecule has 0 atom stereocenters. The van der Waals surface area contributed by atoms with Gasteiger partial charge in [-0.05, 0) is 6.92 Å². The van der Waals surface area contributed by atoms with Crippen molar-refractivity contribution in [2.45, 2.75) is 18.7 Å². The van der Waals surface area contributed by atoms with Crippen LogP contribution in [0.15, 0.2) is 21.8 Å². The molecule has 0 aliphatic carbocycles. The third-order valence-electron chi connectivity index (χ3n) is 1.06. The van der Waals surface area contributed by atoms with Crippen LogP contribution in [0.2, 0.25) is 0 Å². The van der Waals surface area contributed by atoms with Crippen LogP contribution < -0.4 is 5.73 Å². The summed E-state index contributed by atoms with van der Waals surface area (Å²) in [6.45, 7) is 6.01. The summed E-state index contributed by atoms with van der Waals surface area (Å²) in [6, 6.07) is 0. The predicted molar refractivity (Wildman–Crippen MR) is 47.7 cm³/mol. The number of hydrogen-bond acceptors (Lipinski definition) is 5. The molecule has 4 nitrogen and oxygen atoms in total. The zero-order valence-electron chi connectivity index (χ0n) is 6.91. The number of nitrogens with zero attached hydrogens (tertiary/aromatic N) is 2. The lowest BCUT2D eigenvalue weighted by Gasteiger charge is -1.92. The van der Waals surface area contributed by atoms with Gasteiger partial charge in [0, 0.05) is 5.75 Å². The van der Waals surface area contributed by atoms with E-state index in [2.05, 4.69) is 16.8 Å². The van der Waals surface area contributed by atoms with Crippen molar-refractivity contribution >= 4 is 11.8 Å². The van der Waals surface area contributed by atoms with Crippen LogP contribution in [-0.4, -0.2) is 16.0 Å². The van der Waals surface area contributed by atoms with E-state index in [0.29, 0.717) is 17.7 Å². The van der Waals surface area contributed by atoms with E-state index in [1.165, 1.54) is 11.8 Å². The average molecular weight is 185 g/mol. The van der Waals surface area contributed by atoms with Crippen molar-refractivity contribution in [3.05, 3.63) is 18.0 Å². The normalized spacial score (nSPS) is 10.2. The van der Waals surface area contributed by atoms with Crippen molar-refractivity contribution in [1.82, 2.24) is 10.2 Å². The van der Waals surface area contributed by atoms with Crippen molar-refractivity contribution in [3.8, 4) is 0 Å². The number of nitrogens with two attached hydrogens (primary N) is 1. The molecule has 0 saturated heterocycles. The standard InChI is InChI=1S/C7H11N3OS/c1-5(2)4-12-7-10-9-6(3-8)11-7/h1,3-4,8H2,2H3. The summed E-state index contributed by atoms with van der Waals surface area (Å²) in [5.41, 5.74) is 6.37. The van der Waals surface area contributed by atoms with Crippen LogP contribution in [0.3, 0.4) is 0 Å². The Kier molecular flexibility index (Phi) is 3.31. The molecule has 0 fully saturated rings. The molecule has 1 rings (SSSR count). The third-order valence-corrected chi connectivity index (χ3v) is 2.11. The van der Waals surface area contributed by atoms with Gasteiger partial charge in [0.2, 0.25) is 5.89 Å². The summed E-state index contributed by atoms with van der Waals surface area (Å²) in [6.07, 6.45) is 0. The van der Waals surface area contributed by atoms with Crippen LogP contribution in [0, 0.1) is 0 Å². The highest BCUT2D eigenvalue weighted by Gasteiger charge is 2.03. The molecule has 12 heavy (non-hydrogen) atoms. The summed E-state index contributed by atoms with van der Waals surface area (Å²) in [7, 11) is 0. The molecule has 0 radical (unpaired) electrons. The largest absolute Gasteiger partial charge is 0.415 e. The summed E-state index contributed by atoms with van der Waals surface area (Å²) < 4.78 is 5.16. The van der Waals surface area contributed by atoms with Crippen molar-refractivity contribution < 1.29 is 4.42 Å². The first-order chi connectivity index (χ1) is 5.72. The Labute approximate surface area is 75.2 Å². The van der Waals surface area contributed by atoms with E-state index < -0.39 is 0 Å². The molecule has 0 aliphatic heterocycles. The first-order valence-electron chi connectivity index (χ1n) is 3.52. The van der Waals surface area contributed by atoms with Crippen LogP contribution in [0.1, 0.15) is 12.8 Å². The minimum Gasteiger partial charge on any atom is -0.415 e. The smallest absolute Gasteiger partial charge is 0.276 e. The fourth-order valence-electron chi connectivity index (χ4n) is 0.564. The summed E-state index contributed by atoms with van der Waals surface area (Å²) in [4.78, 5) is 0. The number of aromatic nitrogens is 2. The highest BCUT2D eigenvalue weighted by molar-refractivity contribution is 7.99. The topological polar surface area (TPSA) is 64.9 Å². The molecule has 0 aliphatic rings. The first-order valence-corrected chi connectivity index (χ1v) is 4.50. The molecule has 0 saturated carbocycles. The van der Waals surface area contributed by atoms with Crippen LogP contribution in [0.5, 0.6) is 0 Å². The second-order valence-electron chi connectivity index (χ2n) is 2.41. The zero-order valence-corrected chi connectivity index (χ0v) is 7.73. The van der Waals surface area contributed by atoms with Gasteiger partial charge in [-0.15, -0.1) is 10.2 Å². The van der Waals surface area contributed by atoms with Gasteiger partial charge in [-0.1, -0.05) is 23.9 Å². The molecule has 0 aromatic carbocycles. The first kappa shape index (κ1) is 9.28. The van der Waals surface area contributed by atoms with Crippen molar-refractivity contribution in [3.63, 3.8) is 0 Å². The maximum Gasteiger partial charge on any atom is 0.276 e. The van der Waals surface area contributed by atoms with Crippen molar-refractivity contribution in [2.75, 3.05) is 5.75 Å². The molecule has 2 N–H and O–H groups in total. The van der Waals surface area contributed by atoms with Gasteiger partial charge >= 0.3 is 0 Å². The van der Waals surface area contributed by atoms with E-state index in [1.54, 1.807) is 0 Å². The molecule has 66 valence electrons. The Morgan fingerprint density at radius 2 is 2.42 bits per heavy atom. The van der Waals surface area contributed by atoms with Gasteiger partial charge in [-0.3, -0.25) is 0 Å². The third kappa shape index (κ3) is 2.67. The zero-order chi connectivity index (χ0) is 8.97. The minimum atomic E-state index is 0.292. The lowest BCUT2D eigenvalue weighted by atomic mass is 10.4. The van der Waals surface area contributed by atoms with Gasteiger partial charge < -0.3 is 10.2 Å². The van der Waals surface area contributed by atoms with Crippen molar-refractivity contribution in [1.29, 1.82) is 0 Å². The Balaban J connectivity index is 2.47. The maximum absolute atomic E-state index is 5.30. The second kappa shape index (κ2) is 4.27. The fraction of sp³-hybridized carbons (Fsp3) is 0.429. The Morgan fingerprint density at radius 1 is 1.67 bits per heavy atom. The molecule has 0 bridgehead atoms. The molecule has 0 unspecified atom stereocenters. The lowest BCUT2D eigenvalue weighted by Crippen LogP contribution is -1.95. The fourth-order valence-corrected chi connectivity index (χ4v) is 1.19. The van der Waals surface area contributed by atoms with Gasteiger partial charge in [0.05, 0.1) is 6.54 Å². The Bertz CT molecular complexity index is 271. The van der Waals surface area contributed by atoms with Crippen molar-refractivity contribution in [2.24, 2.45) is 5.73 Å². The second-order valence-corrected chi connectivity index (χ2v) is 3.34. The Hall–Kier alpha value is -0.810. The highest BCUT2D eigenvalue weighted by atomic mass is 32.2. The average Bonchev–Trinajstić information content (AvgIpc) is 2.48. The van der Waals surface area contributed by atoms with Crippen LogP contribution in [0.4, 0.5) is 0 Å². The van der Waals surface area contributed by atoms with E-state index in [9.17, 15) is 0 Å². The predicted octanol–water partition coefficient (Wildman–Crippen LogP) is 1.20. The minimum absolute atomic E-state index is 0.292. The quantitative estimate of drug-likeness (QED) is 0.564. The van der Waals surface area contributed by atoms with E-state index in [4.69, 9.17) is 10.2 Å². The molecule has 0 spiro atoms. The van der Waals surface area contributed by atoms with E-state index >= 15 is 0 Å². The molecule has 0 amide bonds. The molecule has 1 aromatic rings. The van der Waals surface area contributed by atoms with E-state index in [-0.39, 0.29) is 0 Å². The van der Waals surface area contributed by atoms with E-state index in [0.717, 1.165) is 11.3 Å². The number of rotatable bonds is 4. The lowest BCUT2D eigenvalue weighted by molar-refractivity contribution is 0.415. The van der Waals surface area contributed by atoms with Gasteiger partial charge in [0.15, 0.2) is 0 Å². The van der Waals surface area contributed by atoms with Gasteiger partial charge in [0.25, 0.3) is 5.22 Å². The molecule has 1 aromatic heterocycles. The van der Waals surface area contributed by atoms with Crippen LogP contribution in [0.25, 0.3) is 0 Å².